The summed E-state index contributed by atoms with van der Waals surface area (Å²) in [5.41, 5.74) is 1.19. The number of hydrogen-bond donors (Lipinski definition) is 3. The van der Waals surface area contributed by atoms with Crippen molar-refractivity contribution in [3.8, 4) is 18.1 Å². The first-order valence-corrected chi connectivity index (χ1v) is 13.2. The zero-order valence-electron chi connectivity index (χ0n) is 23.9. The van der Waals surface area contributed by atoms with Crippen LogP contribution in [-0.2, 0) is 20.7 Å². The van der Waals surface area contributed by atoms with Crippen molar-refractivity contribution in [2.24, 2.45) is 0 Å². The maximum atomic E-state index is 14.3. The molecule has 3 unspecified atom stereocenters. The van der Waals surface area contributed by atoms with Crippen LogP contribution in [0.4, 0.5) is 4.79 Å². The summed E-state index contributed by atoms with van der Waals surface area (Å²) < 4.78 is 5.45. The first-order valence-electron chi connectivity index (χ1n) is 13.2. The second-order valence-electron chi connectivity index (χ2n) is 10.9. The number of alkyl carbamates (subject to hydrolysis) is 1. The molecule has 210 valence electrons. The van der Waals surface area contributed by atoms with Crippen LogP contribution in [0.25, 0.3) is 0 Å². The minimum absolute atomic E-state index is 0.0868. The number of phenolic OH excluding ortho intramolecular Hbond substituents is 1. The van der Waals surface area contributed by atoms with Crippen LogP contribution < -0.4 is 10.6 Å². The normalized spacial score (nSPS) is 13.5. The Morgan fingerprint density at radius 3 is 2.08 bits per heavy atom. The van der Waals surface area contributed by atoms with Crippen LogP contribution >= 0.6 is 0 Å². The van der Waals surface area contributed by atoms with Crippen LogP contribution in [0.1, 0.15) is 77.6 Å². The first kappa shape index (κ1) is 31.2. The zero-order chi connectivity index (χ0) is 29.3. The highest BCUT2D eigenvalue weighted by atomic mass is 16.6. The zero-order valence-corrected chi connectivity index (χ0v) is 23.9. The summed E-state index contributed by atoms with van der Waals surface area (Å²) in [5, 5.41) is 15.4. The number of ether oxygens (including phenoxy) is 1. The van der Waals surface area contributed by atoms with E-state index in [1.54, 1.807) is 57.2 Å². The maximum Gasteiger partial charge on any atom is 0.408 e. The van der Waals surface area contributed by atoms with Crippen LogP contribution in [-0.4, -0.2) is 51.6 Å². The molecule has 39 heavy (non-hydrogen) atoms. The Hall–Kier alpha value is -3.99. The Kier molecular flexibility index (Phi) is 11.0. The van der Waals surface area contributed by atoms with Gasteiger partial charge in [0.2, 0.25) is 11.8 Å². The fraction of sp³-hybridized carbons (Fsp3) is 0.452. The molecule has 0 radical (unpaired) electrons. The number of aromatic hydroxyl groups is 1. The summed E-state index contributed by atoms with van der Waals surface area (Å²) in [7, 11) is 0. The van der Waals surface area contributed by atoms with Gasteiger partial charge in [0, 0.05) is 24.1 Å². The van der Waals surface area contributed by atoms with Crippen molar-refractivity contribution >= 4 is 17.9 Å². The summed E-state index contributed by atoms with van der Waals surface area (Å²) in [6.45, 7) is 12.7. The molecule has 3 N–H and O–H groups in total. The van der Waals surface area contributed by atoms with Crippen LogP contribution in [0, 0.1) is 12.3 Å². The number of phenols is 1. The second-order valence-corrected chi connectivity index (χ2v) is 10.9. The van der Waals surface area contributed by atoms with Gasteiger partial charge in [-0.2, -0.15) is 0 Å². The Balaban J connectivity index is 2.60. The van der Waals surface area contributed by atoms with E-state index in [1.807, 2.05) is 27.7 Å². The highest BCUT2D eigenvalue weighted by Crippen LogP contribution is 2.27. The Morgan fingerprint density at radius 1 is 1.00 bits per heavy atom. The molecular formula is C31H41N3O5. The summed E-state index contributed by atoms with van der Waals surface area (Å²) in [5.74, 6) is 1.88. The average Bonchev–Trinajstić information content (AvgIpc) is 2.85. The van der Waals surface area contributed by atoms with E-state index in [9.17, 15) is 19.5 Å². The molecule has 0 aromatic heterocycles. The van der Waals surface area contributed by atoms with E-state index in [-0.39, 0.29) is 30.2 Å². The lowest BCUT2D eigenvalue weighted by Crippen LogP contribution is -2.56. The Morgan fingerprint density at radius 2 is 1.59 bits per heavy atom. The fourth-order valence-corrected chi connectivity index (χ4v) is 4.06. The van der Waals surface area contributed by atoms with Gasteiger partial charge in [-0.15, -0.1) is 6.42 Å². The average molecular weight is 536 g/mol. The third-order valence-corrected chi connectivity index (χ3v) is 6.04. The summed E-state index contributed by atoms with van der Waals surface area (Å²) >= 11 is 0. The minimum Gasteiger partial charge on any atom is -0.508 e. The van der Waals surface area contributed by atoms with Gasteiger partial charge in [0.1, 0.15) is 23.4 Å². The van der Waals surface area contributed by atoms with Crippen LogP contribution in [0.5, 0.6) is 5.75 Å². The lowest BCUT2D eigenvalue weighted by Gasteiger charge is -2.38. The lowest BCUT2D eigenvalue weighted by molar-refractivity contribution is -0.145. The van der Waals surface area contributed by atoms with Gasteiger partial charge in [-0.1, -0.05) is 37.1 Å². The largest absolute Gasteiger partial charge is 0.508 e. The van der Waals surface area contributed by atoms with Crippen molar-refractivity contribution in [2.45, 2.75) is 91.1 Å². The van der Waals surface area contributed by atoms with Gasteiger partial charge in [0.25, 0.3) is 0 Å². The van der Waals surface area contributed by atoms with Crippen molar-refractivity contribution < 1.29 is 24.2 Å². The van der Waals surface area contributed by atoms with E-state index in [1.165, 1.54) is 17.0 Å². The van der Waals surface area contributed by atoms with Gasteiger partial charge in [-0.3, -0.25) is 9.59 Å². The van der Waals surface area contributed by atoms with E-state index in [4.69, 9.17) is 11.2 Å². The number of hydrogen-bond acceptors (Lipinski definition) is 5. The standard InChI is InChI=1S/C31H41N3O5/c1-9-21(5)34(27(28(36)32-20(3)4)24-15-11-22(10-2)12-16-24)29(37)26(33-30(38)39-31(6,7)8)19-23-13-17-25(35)18-14-23/h2,11-18,20-21,26-27,35H,9,19H2,1,3-8H3,(H,32,36)(H,33,38). The quantitative estimate of drug-likeness (QED) is 0.382. The van der Waals surface area contributed by atoms with Crippen LogP contribution in [0.2, 0.25) is 0 Å². The van der Waals surface area contributed by atoms with Gasteiger partial charge in [0.15, 0.2) is 0 Å². The number of nitrogens with zero attached hydrogens (tertiary/aromatic N) is 1. The molecule has 3 amide bonds. The fourth-order valence-electron chi connectivity index (χ4n) is 4.06. The van der Waals surface area contributed by atoms with Crippen molar-refractivity contribution in [1.29, 1.82) is 0 Å². The Bertz CT molecular complexity index is 1160. The van der Waals surface area contributed by atoms with E-state index >= 15 is 0 Å². The molecule has 8 nitrogen and oxygen atoms in total. The molecule has 0 heterocycles. The lowest BCUT2D eigenvalue weighted by atomic mass is 9.97. The SMILES string of the molecule is C#Cc1ccc(C(C(=O)NC(C)C)N(C(=O)C(Cc2ccc(O)cc2)NC(=O)OC(C)(C)C)C(C)CC)cc1. The number of rotatable bonds is 10. The summed E-state index contributed by atoms with van der Waals surface area (Å²) in [6.07, 6.45) is 5.48. The molecule has 0 saturated carbocycles. The molecule has 2 aromatic carbocycles. The van der Waals surface area contributed by atoms with Gasteiger partial charge in [-0.25, -0.2) is 4.79 Å². The first-order chi connectivity index (χ1) is 18.2. The number of nitrogens with one attached hydrogen (secondary N) is 2. The van der Waals surface area contributed by atoms with Gasteiger partial charge in [-0.05, 0) is 83.4 Å². The molecule has 8 heteroatoms. The van der Waals surface area contributed by atoms with Crippen LogP contribution in [0.15, 0.2) is 48.5 Å². The van der Waals surface area contributed by atoms with Gasteiger partial charge >= 0.3 is 6.09 Å². The minimum atomic E-state index is -1.04. The molecule has 0 aliphatic rings. The van der Waals surface area contributed by atoms with Crippen molar-refractivity contribution in [2.75, 3.05) is 0 Å². The van der Waals surface area contributed by atoms with Crippen LogP contribution in [0.3, 0.4) is 0 Å². The highest BCUT2D eigenvalue weighted by molar-refractivity contribution is 5.92. The number of benzene rings is 2. The van der Waals surface area contributed by atoms with Crippen molar-refractivity contribution in [3.63, 3.8) is 0 Å². The Labute approximate surface area is 232 Å². The molecule has 2 rings (SSSR count). The molecule has 2 aromatic rings. The maximum absolute atomic E-state index is 14.3. The van der Waals surface area contributed by atoms with Gasteiger partial charge in [0.05, 0.1) is 0 Å². The van der Waals surface area contributed by atoms with E-state index in [2.05, 4.69) is 16.6 Å². The molecule has 0 saturated heterocycles. The van der Waals surface area contributed by atoms with Crippen molar-refractivity contribution in [1.82, 2.24) is 15.5 Å². The molecular weight excluding hydrogens is 494 g/mol. The highest BCUT2D eigenvalue weighted by Gasteiger charge is 2.38. The number of amides is 3. The predicted molar refractivity (Wildman–Crippen MR) is 152 cm³/mol. The van der Waals surface area contributed by atoms with Gasteiger partial charge < -0.3 is 25.4 Å². The monoisotopic (exact) mass is 535 g/mol. The molecule has 3 atom stereocenters. The number of carbonyl (C=O) groups is 3. The van der Waals surface area contributed by atoms with E-state index in [0.717, 1.165) is 0 Å². The number of carbonyl (C=O) groups excluding carboxylic acids is 3. The topological polar surface area (TPSA) is 108 Å². The summed E-state index contributed by atoms with van der Waals surface area (Å²) in [6, 6.07) is 10.8. The summed E-state index contributed by atoms with van der Waals surface area (Å²) in [4.78, 5) is 42.3. The molecule has 0 fully saturated rings. The molecule has 0 aliphatic heterocycles. The molecule has 0 aliphatic carbocycles. The predicted octanol–water partition coefficient (Wildman–Crippen LogP) is 4.70. The number of terminal acetylenes is 1. The van der Waals surface area contributed by atoms with E-state index in [0.29, 0.717) is 23.1 Å². The third-order valence-electron chi connectivity index (χ3n) is 6.04. The van der Waals surface area contributed by atoms with Crippen molar-refractivity contribution in [3.05, 3.63) is 65.2 Å². The second kappa shape index (κ2) is 13.7. The molecule has 0 bridgehead atoms. The molecule has 0 spiro atoms. The smallest absolute Gasteiger partial charge is 0.408 e. The third kappa shape index (κ3) is 9.36. The van der Waals surface area contributed by atoms with E-state index < -0.39 is 29.7 Å².